The Hall–Kier alpha value is -2.28. The highest BCUT2D eigenvalue weighted by Gasteiger charge is 2.52. The van der Waals surface area contributed by atoms with E-state index in [0.717, 1.165) is 0 Å². The summed E-state index contributed by atoms with van der Waals surface area (Å²) in [4.78, 5) is 23.9. The molecule has 0 aliphatic carbocycles. The Kier molecular flexibility index (Phi) is 4.12. The van der Waals surface area contributed by atoms with Gasteiger partial charge < -0.3 is 29.4 Å². The Morgan fingerprint density at radius 1 is 1.09 bits per heavy atom. The van der Waals surface area contributed by atoms with Crippen molar-refractivity contribution in [1.82, 2.24) is 0 Å². The molecule has 23 heavy (non-hydrogen) atoms. The molecule has 0 unspecified atom stereocenters. The summed E-state index contributed by atoms with van der Waals surface area (Å²) in [5.41, 5.74) is 0.478. The average molecular weight is 320 g/mol. The molecule has 2 bridgehead atoms. The number of carbonyl (C=O) groups is 2. The summed E-state index contributed by atoms with van der Waals surface area (Å²) in [7, 11) is 3.02. The average Bonchev–Trinajstić information content (AvgIpc) is 3.15. The lowest BCUT2D eigenvalue weighted by molar-refractivity contribution is -0.313. The van der Waals surface area contributed by atoms with Crippen LogP contribution in [0.5, 0.6) is 11.5 Å². The molecule has 7 heteroatoms. The van der Waals surface area contributed by atoms with E-state index >= 15 is 0 Å². The molecule has 0 spiro atoms. The Labute approximate surface area is 133 Å². The van der Waals surface area contributed by atoms with Crippen LogP contribution in [0.4, 0.5) is 5.69 Å². The predicted octanol–water partition coefficient (Wildman–Crippen LogP) is 0.186. The van der Waals surface area contributed by atoms with Gasteiger partial charge in [-0.1, -0.05) is 0 Å². The second kappa shape index (κ2) is 6.08. The third kappa shape index (κ3) is 2.84. The summed E-state index contributed by atoms with van der Waals surface area (Å²) in [5, 5.41) is 14.1. The van der Waals surface area contributed by atoms with Crippen LogP contribution < -0.4 is 19.9 Å². The molecule has 1 aromatic carbocycles. The van der Waals surface area contributed by atoms with E-state index in [9.17, 15) is 14.7 Å². The first-order valence-corrected chi connectivity index (χ1v) is 7.43. The van der Waals surface area contributed by atoms with Crippen LogP contribution in [0, 0.1) is 11.8 Å². The SMILES string of the molecule is COc1cc(NC(=O)[C@@H]2[C@@H](C(=O)[O-])[C@@H]3CC[C@H]2O3)cc(OC)c1. The number of rotatable bonds is 5. The second-order valence-electron chi connectivity index (χ2n) is 5.75. The van der Waals surface area contributed by atoms with Crippen LogP contribution in [0.15, 0.2) is 18.2 Å². The molecule has 124 valence electrons. The zero-order valence-corrected chi connectivity index (χ0v) is 12.9. The molecule has 0 saturated carbocycles. The Morgan fingerprint density at radius 3 is 2.17 bits per heavy atom. The number of hydrogen-bond donors (Lipinski definition) is 1. The minimum absolute atomic E-state index is 0.365. The molecule has 2 heterocycles. The number of carboxylic acids is 1. The maximum atomic E-state index is 12.6. The first kappa shape index (κ1) is 15.6. The van der Waals surface area contributed by atoms with E-state index in [1.54, 1.807) is 18.2 Å². The van der Waals surface area contributed by atoms with Crippen molar-refractivity contribution in [3.05, 3.63) is 18.2 Å². The lowest BCUT2D eigenvalue weighted by atomic mass is 9.78. The van der Waals surface area contributed by atoms with Crippen molar-refractivity contribution >= 4 is 17.6 Å². The molecule has 2 aliphatic heterocycles. The molecular weight excluding hydrogens is 302 g/mol. The van der Waals surface area contributed by atoms with Crippen LogP contribution in [0.25, 0.3) is 0 Å². The zero-order valence-electron chi connectivity index (χ0n) is 12.9. The summed E-state index contributed by atoms with van der Waals surface area (Å²) in [6, 6.07) is 4.96. The van der Waals surface area contributed by atoms with Gasteiger partial charge in [0.15, 0.2) is 0 Å². The highest BCUT2D eigenvalue weighted by atomic mass is 16.5. The van der Waals surface area contributed by atoms with Gasteiger partial charge in [-0.05, 0) is 12.8 Å². The molecule has 1 N–H and O–H groups in total. The van der Waals surface area contributed by atoms with Crippen LogP contribution in [-0.2, 0) is 14.3 Å². The predicted molar refractivity (Wildman–Crippen MR) is 78.1 cm³/mol. The van der Waals surface area contributed by atoms with Gasteiger partial charge >= 0.3 is 0 Å². The standard InChI is InChI=1S/C16H19NO6/c1-21-9-5-8(6-10(7-9)22-2)17-15(18)13-11-3-4-12(23-11)14(13)16(19)20/h5-7,11-14H,3-4H2,1-2H3,(H,17,18)(H,19,20)/p-1/t11-,12+,13+,14+/m1/s1. The molecule has 1 amide bonds. The van der Waals surface area contributed by atoms with Crippen molar-refractivity contribution in [2.24, 2.45) is 11.8 Å². The van der Waals surface area contributed by atoms with Crippen LogP contribution in [0.1, 0.15) is 12.8 Å². The molecule has 2 saturated heterocycles. The number of nitrogens with one attached hydrogen (secondary N) is 1. The molecule has 2 fully saturated rings. The normalized spacial score (nSPS) is 28.4. The fraction of sp³-hybridized carbons (Fsp3) is 0.500. The van der Waals surface area contributed by atoms with Crippen molar-refractivity contribution in [3.63, 3.8) is 0 Å². The first-order valence-electron chi connectivity index (χ1n) is 7.43. The molecule has 7 nitrogen and oxygen atoms in total. The minimum atomic E-state index is -1.24. The maximum Gasteiger partial charge on any atom is 0.230 e. The largest absolute Gasteiger partial charge is 0.550 e. The zero-order chi connectivity index (χ0) is 16.6. The highest BCUT2D eigenvalue weighted by Crippen LogP contribution is 2.43. The molecule has 0 aromatic heterocycles. The topological polar surface area (TPSA) is 96.9 Å². The van der Waals surface area contributed by atoms with E-state index in [1.165, 1.54) is 14.2 Å². The molecule has 4 atom stereocenters. The number of anilines is 1. The quantitative estimate of drug-likeness (QED) is 0.831. The Bertz CT molecular complexity index is 609. The number of aliphatic carboxylic acids is 1. The number of carbonyl (C=O) groups excluding carboxylic acids is 2. The van der Waals surface area contributed by atoms with Crippen LogP contribution >= 0.6 is 0 Å². The summed E-state index contributed by atoms with van der Waals surface area (Å²) in [5.74, 6) is -2.21. The van der Waals surface area contributed by atoms with Crippen LogP contribution in [0.3, 0.4) is 0 Å². The van der Waals surface area contributed by atoms with Crippen molar-refractivity contribution in [3.8, 4) is 11.5 Å². The molecular formula is C16H18NO6-. The van der Waals surface area contributed by atoms with Gasteiger partial charge in [0.05, 0.1) is 32.3 Å². The smallest absolute Gasteiger partial charge is 0.230 e. The number of carboxylic acid groups (broad SMARTS) is 1. The lowest BCUT2D eigenvalue weighted by Gasteiger charge is -2.27. The summed E-state index contributed by atoms with van der Waals surface area (Å²) < 4.78 is 15.9. The number of ether oxygens (including phenoxy) is 3. The number of amides is 1. The number of fused-ring (bicyclic) bond motifs is 2. The molecule has 0 radical (unpaired) electrons. The van der Waals surface area contributed by atoms with Gasteiger partial charge in [0, 0.05) is 35.8 Å². The van der Waals surface area contributed by atoms with Crippen molar-refractivity contribution in [2.75, 3.05) is 19.5 Å². The van der Waals surface area contributed by atoms with E-state index in [4.69, 9.17) is 14.2 Å². The van der Waals surface area contributed by atoms with Crippen LogP contribution in [0.2, 0.25) is 0 Å². The lowest BCUT2D eigenvalue weighted by Crippen LogP contribution is -2.46. The molecule has 1 aromatic rings. The number of benzene rings is 1. The molecule has 3 rings (SSSR count). The monoisotopic (exact) mass is 320 g/mol. The van der Waals surface area contributed by atoms with Crippen molar-refractivity contribution < 1.29 is 28.9 Å². The van der Waals surface area contributed by atoms with Gasteiger partial charge in [0.25, 0.3) is 0 Å². The van der Waals surface area contributed by atoms with Gasteiger partial charge in [-0.3, -0.25) is 4.79 Å². The summed E-state index contributed by atoms with van der Waals surface area (Å²) in [6.07, 6.45) is 0.546. The maximum absolute atomic E-state index is 12.6. The summed E-state index contributed by atoms with van der Waals surface area (Å²) in [6.45, 7) is 0. The molecule has 2 aliphatic rings. The first-order chi connectivity index (χ1) is 11.0. The van der Waals surface area contributed by atoms with E-state index in [0.29, 0.717) is 30.0 Å². The highest BCUT2D eigenvalue weighted by molar-refractivity contribution is 5.96. The van der Waals surface area contributed by atoms with E-state index < -0.39 is 23.9 Å². The fourth-order valence-electron chi connectivity index (χ4n) is 3.42. The number of hydrogen-bond acceptors (Lipinski definition) is 6. The van der Waals surface area contributed by atoms with Gasteiger partial charge in [0.2, 0.25) is 5.91 Å². The van der Waals surface area contributed by atoms with Gasteiger partial charge in [0.1, 0.15) is 11.5 Å². The van der Waals surface area contributed by atoms with Crippen molar-refractivity contribution in [1.29, 1.82) is 0 Å². The van der Waals surface area contributed by atoms with E-state index in [1.807, 2.05) is 0 Å². The third-order valence-electron chi connectivity index (χ3n) is 4.47. The van der Waals surface area contributed by atoms with Gasteiger partial charge in [-0.25, -0.2) is 0 Å². The van der Waals surface area contributed by atoms with Crippen molar-refractivity contribution in [2.45, 2.75) is 25.0 Å². The minimum Gasteiger partial charge on any atom is -0.550 e. The van der Waals surface area contributed by atoms with E-state index in [-0.39, 0.29) is 12.0 Å². The number of methoxy groups -OCH3 is 2. The second-order valence-corrected chi connectivity index (χ2v) is 5.75. The fourth-order valence-corrected chi connectivity index (χ4v) is 3.42. The van der Waals surface area contributed by atoms with Gasteiger partial charge in [-0.2, -0.15) is 0 Å². The van der Waals surface area contributed by atoms with Crippen LogP contribution in [-0.4, -0.2) is 38.3 Å². The summed E-state index contributed by atoms with van der Waals surface area (Å²) >= 11 is 0. The Morgan fingerprint density at radius 2 is 1.65 bits per heavy atom. The van der Waals surface area contributed by atoms with E-state index in [2.05, 4.69) is 5.32 Å². The van der Waals surface area contributed by atoms with Gasteiger partial charge in [-0.15, -0.1) is 0 Å². The Balaban J connectivity index is 1.80. The third-order valence-corrected chi connectivity index (χ3v) is 4.47.